The van der Waals surface area contributed by atoms with E-state index >= 15 is 0 Å². The minimum absolute atomic E-state index is 0.0291. The van der Waals surface area contributed by atoms with E-state index in [0.717, 1.165) is 55.6 Å². The standard InChI is InChI=1S/C72H78N4O10/c1-45(2)37-63(75-71(81)85-43-61-57-25-15-11-21-53(57)54-22-12-16-26-58(54)61)67(77)73-65(39-47(5)6)69(79)83-41-51-33-29-49(30-34-51)19-9-10-20-50-31-35-52(36-32-50)42-84-70(80)66(40-48(7)8)74-68(78)64(38-46(3)4)76-72(82)86-44-62-59-27-17-13-23-55(59)56-24-14-18-28-60(56)62/h11-18,21-36,45-48,61-66H,37-44H2,1-8H3,(H,73,77)(H,74,78)(H,75,81)(H,76,82)/t63-,64-,65-,66-/m0/s1. The zero-order chi connectivity index (χ0) is 61.3. The Kier molecular flexibility index (Phi) is 22.0. The van der Waals surface area contributed by atoms with Crippen molar-refractivity contribution < 1.29 is 47.7 Å². The summed E-state index contributed by atoms with van der Waals surface area (Å²) in [5.74, 6) is 9.58. The number of alkyl carbamates (subject to hydrolysis) is 2. The number of hydrogen-bond acceptors (Lipinski definition) is 10. The number of carbonyl (C=O) groups is 6. The molecule has 4 amide bonds. The maximum Gasteiger partial charge on any atom is 0.407 e. The molecule has 2 aliphatic rings. The third-order valence-electron chi connectivity index (χ3n) is 15.1. The van der Waals surface area contributed by atoms with Crippen LogP contribution in [-0.4, -0.2) is 73.3 Å². The van der Waals surface area contributed by atoms with Crippen molar-refractivity contribution in [3.05, 3.63) is 190 Å². The van der Waals surface area contributed by atoms with Crippen LogP contribution in [0.2, 0.25) is 0 Å². The Balaban J connectivity index is 0.779. The van der Waals surface area contributed by atoms with E-state index in [9.17, 15) is 28.8 Å². The van der Waals surface area contributed by atoms with E-state index in [-0.39, 0.29) is 61.9 Å². The first-order valence-corrected chi connectivity index (χ1v) is 29.8. The van der Waals surface area contributed by atoms with E-state index in [4.69, 9.17) is 18.9 Å². The molecule has 0 fully saturated rings. The number of hydrogen-bond donors (Lipinski definition) is 4. The smallest absolute Gasteiger partial charge is 0.407 e. The molecule has 0 saturated carbocycles. The lowest BCUT2D eigenvalue weighted by Crippen LogP contribution is -2.52. The number of rotatable bonds is 24. The van der Waals surface area contributed by atoms with Gasteiger partial charge >= 0.3 is 24.1 Å². The van der Waals surface area contributed by atoms with E-state index in [1.807, 2.05) is 128 Å². The van der Waals surface area contributed by atoms with Crippen LogP contribution in [-0.2, 0) is 51.3 Å². The van der Waals surface area contributed by atoms with Crippen LogP contribution in [0.1, 0.15) is 137 Å². The molecule has 6 aromatic carbocycles. The van der Waals surface area contributed by atoms with Gasteiger partial charge in [-0.05, 0) is 141 Å². The van der Waals surface area contributed by atoms with E-state index in [2.05, 4.69) is 69.2 Å². The van der Waals surface area contributed by atoms with Gasteiger partial charge in [0.25, 0.3) is 0 Å². The number of fused-ring (bicyclic) bond motifs is 6. The zero-order valence-corrected chi connectivity index (χ0v) is 50.4. The highest BCUT2D eigenvalue weighted by atomic mass is 16.6. The third-order valence-corrected chi connectivity index (χ3v) is 15.1. The lowest BCUT2D eigenvalue weighted by atomic mass is 9.98. The van der Waals surface area contributed by atoms with Gasteiger partial charge in [-0.2, -0.15) is 0 Å². The van der Waals surface area contributed by atoms with Crippen molar-refractivity contribution in [3.8, 4) is 45.9 Å². The second-order valence-corrected chi connectivity index (χ2v) is 23.8. The molecule has 86 heavy (non-hydrogen) atoms. The van der Waals surface area contributed by atoms with Gasteiger partial charge in [-0.3, -0.25) is 9.59 Å². The molecular formula is C72H78N4O10. The molecular weight excluding hydrogens is 1080 g/mol. The Labute approximate surface area is 505 Å². The number of amides is 4. The van der Waals surface area contributed by atoms with Gasteiger partial charge in [0, 0.05) is 23.0 Å². The van der Waals surface area contributed by atoms with E-state index in [1.54, 1.807) is 48.5 Å². The first-order chi connectivity index (χ1) is 41.4. The molecule has 6 aromatic rings. The molecule has 4 atom stereocenters. The largest absolute Gasteiger partial charge is 0.459 e. The molecule has 0 aliphatic heterocycles. The van der Waals surface area contributed by atoms with E-state index in [1.165, 1.54) is 0 Å². The van der Waals surface area contributed by atoms with Crippen LogP contribution in [0.4, 0.5) is 9.59 Å². The summed E-state index contributed by atoms with van der Waals surface area (Å²) in [5.41, 5.74) is 11.6. The molecule has 0 aromatic heterocycles. The molecule has 4 N–H and O–H groups in total. The summed E-state index contributed by atoms with van der Waals surface area (Å²) in [6.45, 7) is 15.8. The van der Waals surface area contributed by atoms with Gasteiger partial charge in [0.1, 0.15) is 50.6 Å². The molecule has 0 bridgehead atoms. The monoisotopic (exact) mass is 1160 g/mol. The number of nitrogens with one attached hydrogen (secondary N) is 4. The predicted molar refractivity (Wildman–Crippen MR) is 332 cm³/mol. The van der Waals surface area contributed by atoms with Gasteiger partial charge in [-0.1, -0.05) is 189 Å². The van der Waals surface area contributed by atoms with Gasteiger partial charge in [0.05, 0.1) is 0 Å². The van der Waals surface area contributed by atoms with Crippen molar-refractivity contribution in [2.24, 2.45) is 23.7 Å². The van der Waals surface area contributed by atoms with Crippen molar-refractivity contribution in [3.63, 3.8) is 0 Å². The SMILES string of the molecule is CC(C)C[C@H](NC(=O)OCC1c2ccccc2-c2ccccc21)C(=O)N[C@@H](CC(C)C)C(=O)OCc1ccc(C#CC#Cc2ccc(COC(=O)[C@H](CC(C)C)NC(=O)[C@H](CC(C)C)NC(=O)OCC3c4ccccc4-c4ccccc43)cc2)cc1. The Hall–Kier alpha value is -9.14. The molecule has 0 unspecified atom stereocenters. The maximum absolute atomic E-state index is 13.8. The van der Waals surface area contributed by atoms with Gasteiger partial charge < -0.3 is 40.2 Å². The van der Waals surface area contributed by atoms with Crippen molar-refractivity contribution in [2.45, 2.75) is 130 Å². The molecule has 8 rings (SSSR count). The quantitative estimate of drug-likeness (QED) is 0.0258. The summed E-state index contributed by atoms with van der Waals surface area (Å²) in [5, 5.41) is 11.3. The lowest BCUT2D eigenvalue weighted by molar-refractivity contribution is -0.150. The van der Waals surface area contributed by atoms with Crippen LogP contribution in [0.25, 0.3) is 22.3 Å². The first-order valence-electron chi connectivity index (χ1n) is 29.8. The molecule has 0 spiro atoms. The topological polar surface area (TPSA) is 187 Å². The second kappa shape index (κ2) is 30.1. The molecule has 0 radical (unpaired) electrons. The molecule has 14 heteroatoms. The van der Waals surface area contributed by atoms with Crippen molar-refractivity contribution in [1.82, 2.24) is 21.3 Å². The second-order valence-electron chi connectivity index (χ2n) is 23.8. The highest BCUT2D eigenvalue weighted by Gasteiger charge is 2.34. The average Bonchev–Trinajstić information content (AvgIpc) is 1.83. The van der Waals surface area contributed by atoms with Crippen LogP contribution in [0.5, 0.6) is 0 Å². The van der Waals surface area contributed by atoms with Crippen LogP contribution >= 0.6 is 0 Å². The fourth-order valence-corrected chi connectivity index (χ4v) is 11.0. The summed E-state index contributed by atoms with van der Waals surface area (Å²) >= 11 is 0. The van der Waals surface area contributed by atoms with Crippen LogP contribution in [0, 0.1) is 47.4 Å². The average molecular weight is 1160 g/mol. The van der Waals surface area contributed by atoms with Crippen LogP contribution in [0.15, 0.2) is 146 Å². The predicted octanol–water partition coefficient (Wildman–Crippen LogP) is 12.1. The van der Waals surface area contributed by atoms with Gasteiger partial charge in [-0.15, -0.1) is 0 Å². The fraction of sp³-hybridized carbons (Fsp3) is 0.361. The zero-order valence-electron chi connectivity index (χ0n) is 50.4. The van der Waals surface area contributed by atoms with Crippen LogP contribution in [0.3, 0.4) is 0 Å². The minimum Gasteiger partial charge on any atom is -0.459 e. The summed E-state index contributed by atoms with van der Waals surface area (Å²) in [6.07, 6.45) is -0.104. The molecule has 2 aliphatic carbocycles. The van der Waals surface area contributed by atoms with Crippen molar-refractivity contribution in [2.75, 3.05) is 13.2 Å². The third kappa shape index (κ3) is 17.3. The lowest BCUT2D eigenvalue weighted by Gasteiger charge is -2.25. The minimum atomic E-state index is -0.946. The number of ether oxygens (including phenoxy) is 4. The normalized spacial score (nSPS) is 13.5. The maximum atomic E-state index is 13.8. The Morgan fingerprint density at radius 1 is 0.372 bits per heavy atom. The first kappa shape index (κ1) is 62.9. The Morgan fingerprint density at radius 2 is 0.663 bits per heavy atom. The number of benzene rings is 6. The van der Waals surface area contributed by atoms with E-state index < -0.39 is 60.1 Å². The Bertz CT molecular complexity index is 3170. The highest BCUT2D eigenvalue weighted by Crippen LogP contribution is 2.46. The molecule has 446 valence electrons. The fourth-order valence-electron chi connectivity index (χ4n) is 11.0. The molecule has 0 heterocycles. The van der Waals surface area contributed by atoms with Gasteiger partial charge in [0.2, 0.25) is 11.8 Å². The summed E-state index contributed by atoms with van der Waals surface area (Å²) in [6, 6.07) is 43.0. The van der Waals surface area contributed by atoms with Crippen LogP contribution < -0.4 is 21.3 Å². The van der Waals surface area contributed by atoms with Crippen molar-refractivity contribution >= 4 is 35.9 Å². The summed E-state index contributed by atoms with van der Waals surface area (Å²) in [4.78, 5) is 81.3. The van der Waals surface area contributed by atoms with Crippen molar-refractivity contribution in [1.29, 1.82) is 0 Å². The van der Waals surface area contributed by atoms with E-state index in [0.29, 0.717) is 36.8 Å². The Morgan fingerprint density at radius 3 is 0.965 bits per heavy atom. The number of carbonyl (C=O) groups excluding carboxylic acids is 6. The highest BCUT2D eigenvalue weighted by molar-refractivity contribution is 5.91. The van der Waals surface area contributed by atoms with Gasteiger partial charge in [-0.25, -0.2) is 19.2 Å². The molecule has 14 nitrogen and oxygen atoms in total. The van der Waals surface area contributed by atoms with Gasteiger partial charge in [0.15, 0.2) is 0 Å². The molecule has 0 saturated heterocycles. The summed E-state index contributed by atoms with van der Waals surface area (Å²) in [7, 11) is 0. The summed E-state index contributed by atoms with van der Waals surface area (Å²) < 4.78 is 23.0. The number of esters is 2.